The molecule has 1 aliphatic rings. The number of nitrogens with zero attached hydrogens (tertiary/aromatic N) is 2. The topological polar surface area (TPSA) is 62.7 Å². The number of carboxylic acids is 1. The Labute approximate surface area is 152 Å². The van der Waals surface area contributed by atoms with Crippen LogP contribution < -0.4 is 9.64 Å². The molecular weight excluding hydrogens is 336 g/mol. The van der Waals surface area contributed by atoms with Crippen molar-refractivity contribution < 1.29 is 14.6 Å². The minimum absolute atomic E-state index is 0.00626. The number of rotatable bonds is 5. The molecule has 0 bridgehead atoms. The van der Waals surface area contributed by atoms with E-state index in [2.05, 4.69) is 4.90 Å². The van der Waals surface area contributed by atoms with Crippen LogP contribution in [0.4, 0.5) is 5.13 Å². The molecule has 2 heterocycles. The summed E-state index contributed by atoms with van der Waals surface area (Å²) in [6, 6.07) is 5.84. The molecular formula is C19H24N2O3S. The molecule has 0 radical (unpaired) electrons. The Bertz CT molecular complexity index is 749. The van der Waals surface area contributed by atoms with Crippen LogP contribution in [-0.2, 0) is 11.2 Å². The third kappa shape index (κ3) is 4.12. The van der Waals surface area contributed by atoms with Crippen LogP contribution in [0.3, 0.4) is 0 Å². The number of aryl methyl sites for hydroxylation is 1. The van der Waals surface area contributed by atoms with Gasteiger partial charge in [-0.2, -0.15) is 0 Å². The largest absolute Gasteiger partial charge is 0.497 e. The lowest BCUT2D eigenvalue weighted by Gasteiger charge is -2.18. The Kier molecular flexibility index (Phi) is 5.58. The summed E-state index contributed by atoms with van der Waals surface area (Å²) in [5.74, 6) is -0.0255. The Morgan fingerprint density at radius 2 is 2.00 bits per heavy atom. The van der Waals surface area contributed by atoms with Crippen LogP contribution in [0, 0.1) is 6.92 Å². The minimum Gasteiger partial charge on any atom is -0.497 e. The van der Waals surface area contributed by atoms with Crippen LogP contribution in [-0.4, -0.2) is 36.3 Å². The number of carboxylic acid groups (broad SMARTS) is 1. The molecule has 0 unspecified atom stereocenters. The Morgan fingerprint density at radius 1 is 1.28 bits per heavy atom. The maximum Gasteiger partial charge on any atom is 0.308 e. The van der Waals surface area contributed by atoms with Gasteiger partial charge in [-0.25, -0.2) is 4.98 Å². The fourth-order valence-electron chi connectivity index (χ4n) is 3.23. The molecule has 0 amide bonds. The van der Waals surface area contributed by atoms with Gasteiger partial charge in [-0.05, 0) is 43.5 Å². The van der Waals surface area contributed by atoms with Crippen LogP contribution in [0.1, 0.15) is 36.1 Å². The fraction of sp³-hybridized carbons (Fsp3) is 0.474. The lowest BCUT2D eigenvalue weighted by molar-refractivity contribution is -0.136. The maximum absolute atomic E-state index is 11.3. The van der Waals surface area contributed by atoms with Crippen LogP contribution in [0.15, 0.2) is 18.2 Å². The van der Waals surface area contributed by atoms with Gasteiger partial charge < -0.3 is 14.7 Å². The van der Waals surface area contributed by atoms with Gasteiger partial charge in [0.1, 0.15) is 5.75 Å². The van der Waals surface area contributed by atoms with E-state index in [0.29, 0.717) is 0 Å². The van der Waals surface area contributed by atoms with E-state index in [1.165, 1.54) is 37.0 Å². The lowest BCUT2D eigenvalue weighted by Crippen LogP contribution is -2.23. The van der Waals surface area contributed by atoms with E-state index in [1.54, 1.807) is 7.11 Å². The number of aliphatic carboxylic acids is 1. The molecule has 1 aliphatic heterocycles. The van der Waals surface area contributed by atoms with Crippen molar-refractivity contribution in [2.75, 3.05) is 25.1 Å². The summed E-state index contributed by atoms with van der Waals surface area (Å²) in [5, 5.41) is 10.2. The van der Waals surface area contributed by atoms with Crippen molar-refractivity contribution in [1.82, 2.24) is 4.98 Å². The van der Waals surface area contributed by atoms with Crippen molar-refractivity contribution in [3.8, 4) is 17.0 Å². The number of carbonyl (C=O) groups is 1. The predicted octanol–water partition coefficient (Wildman–Crippen LogP) is 4.13. The quantitative estimate of drug-likeness (QED) is 0.868. The van der Waals surface area contributed by atoms with E-state index < -0.39 is 5.97 Å². The first-order chi connectivity index (χ1) is 12.1. The Balaban J connectivity index is 2.00. The lowest BCUT2D eigenvalue weighted by atomic mass is 10.0. The number of thiazole rings is 1. The zero-order chi connectivity index (χ0) is 17.8. The molecule has 5 nitrogen and oxygen atoms in total. The number of aromatic nitrogens is 1. The van der Waals surface area contributed by atoms with Crippen molar-refractivity contribution in [3.63, 3.8) is 0 Å². The summed E-state index contributed by atoms with van der Waals surface area (Å²) in [6.45, 7) is 4.01. The number of anilines is 1. The highest BCUT2D eigenvalue weighted by Crippen LogP contribution is 2.36. The molecule has 1 saturated heterocycles. The molecule has 3 rings (SSSR count). The second-order valence-corrected chi connectivity index (χ2v) is 7.48. The van der Waals surface area contributed by atoms with Crippen molar-refractivity contribution in [2.45, 2.75) is 39.0 Å². The third-order valence-corrected chi connectivity index (χ3v) is 5.68. The summed E-state index contributed by atoms with van der Waals surface area (Å²) < 4.78 is 5.27. The highest BCUT2D eigenvalue weighted by atomic mass is 32.1. The third-order valence-electron chi connectivity index (χ3n) is 4.56. The summed E-state index contributed by atoms with van der Waals surface area (Å²) in [5.41, 5.74) is 2.82. The monoisotopic (exact) mass is 360 g/mol. The number of benzene rings is 1. The molecule has 6 heteroatoms. The van der Waals surface area contributed by atoms with E-state index in [9.17, 15) is 9.90 Å². The Hall–Kier alpha value is -2.08. The SMILES string of the molecule is COc1ccc(-c2nc(N3CCCCCC3)sc2CC(=O)O)c(C)c1. The maximum atomic E-state index is 11.3. The fourth-order valence-corrected chi connectivity index (χ4v) is 4.35. The zero-order valence-corrected chi connectivity index (χ0v) is 15.6. The number of hydrogen-bond donors (Lipinski definition) is 1. The van der Waals surface area contributed by atoms with E-state index >= 15 is 0 Å². The number of methoxy groups -OCH3 is 1. The van der Waals surface area contributed by atoms with Crippen molar-refractivity contribution in [3.05, 3.63) is 28.6 Å². The molecule has 1 aromatic heterocycles. The first kappa shape index (κ1) is 17.7. The van der Waals surface area contributed by atoms with Gasteiger partial charge in [0.2, 0.25) is 0 Å². The first-order valence-electron chi connectivity index (χ1n) is 8.70. The molecule has 0 saturated carbocycles. The minimum atomic E-state index is -0.821. The molecule has 1 N–H and O–H groups in total. The van der Waals surface area contributed by atoms with E-state index in [1.807, 2.05) is 25.1 Å². The van der Waals surface area contributed by atoms with Gasteiger partial charge in [0, 0.05) is 23.5 Å². The zero-order valence-electron chi connectivity index (χ0n) is 14.7. The molecule has 0 atom stereocenters. The molecule has 134 valence electrons. The second kappa shape index (κ2) is 7.87. The molecule has 25 heavy (non-hydrogen) atoms. The highest BCUT2D eigenvalue weighted by molar-refractivity contribution is 7.16. The van der Waals surface area contributed by atoms with Crippen molar-refractivity contribution in [1.29, 1.82) is 0 Å². The average molecular weight is 360 g/mol. The number of hydrogen-bond acceptors (Lipinski definition) is 5. The average Bonchev–Trinajstić information content (AvgIpc) is 2.81. The van der Waals surface area contributed by atoms with Gasteiger partial charge in [-0.3, -0.25) is 4.79 Å². The van der Waals surface area contributed by atoms with Crippen LogP contribution in [0.25, 0.3) is 11.3 Å². The van der Waals surface area contributed by atoms with E-state index in [-0.39, 0.29) is 6.42 Å². The molecule has 1 aromatic carbocycles. The molecule has 2 aromatic rings. The summed E-state index contributed by atoms with van der Waals surface area (Å²) in [7, 11) is 1.64. The van der Waals surface area contributed by atoms with Crippen molar-refractivity contribution in [2.24, 2.45) is 0 Å². The number of ether oxygens (including phenoxy) is 1. The van der Waals surface area contributed by atoms with Gasteiger partial charge >= 0.3 is 5.97 Å². The summed E-state index contributed by atoms with van der Waals surface area (Å²) >= 11 is 1.52. The molecule has 0 spiro atoms. The van der Waals surface area contributed by atoms with Crippen LogP contribution >= 0.6 is 11.3 Å². The summed E-state index contributed by atoms with van der Waals surface area (Å²) in [4.78, 5) is 19.3. The molecule has 0 aliphatic carbocycles. The van der Waals surface area contributed by atoms with E-state index in [4.69, 9.17) is 9.72 Å². The molecule has 1 fully saturated rings. The van der Waals surface area contributed by atoms with Gasteiger partial charge in [-0.15, -0.1) is 11.3 Å². The summed E-state index contributed by atoms with van der Waals surface area (Å²) in [6.07, 6.45) is 4.87. The van der Waals surface area contributed by atoms with Gasteiger partial charge in [-0.1, -0.05) is 12.8 Å². The first-order valence-corrected chi connectivity index (χ1v) is 9.51. The van der Waals surface area contributed by atoms with Gasteiger partial charge in [0.15, 0.2) is 5.13 Å². The predicted molar refractivity (Wildman–Crippen MR) is 101 cm³/mol. The smallest absolute Gasteiger partial charge is 0.308 e. The second-order valence-electron chi connectivity index (χ2n) is 6.42. The van der Waals surface area contributed by atoms with E-state index in [0.717, 1.165) is 45.7 Å². The van der Waals surface area contributed by atoms with Gasteiger partial charge in [0.25, 0.3) is 0 Å². The highest BCUT2D eigenvalue weighted by Gasteiger charge is 2.21. The van der Waals surface area contributed by atoms with Gasteiger partial charge in [0.05, 0.1) is 19.2 Å². The normalized spacial score (nSPS) is 15.0. The standard InChI is InChI=1S/C19H24N2O3S/c1-13-11-14(24-2)7-8-15(13)18-16(12-17(22)23)25-19(20-18)21-9-5-3-4-6-10-21/h7-8,11H,3-6,9-10,12H2,1-2H3,(H,22,23). The van der Waals surface area contributed by atoms with Crippen LogP contribution in [0.2, 0.25) is 0 Å². The van der Waals surface area contributed by atoms with Crippen LogP contribution in [0.5, 0.6) is 5.75 Å². The van der Waals surface area contributed by atoms with Crippen molar-refractivity contribution >= 4 is 22.4 Å². The Morgan fingerprint density at radius 3 is 2.60 bits per heavy atom.